The molecule has 1 atom stereocenters. The van der Waals surface area contributed by atoms with Gasteiger partial charge in [0.25, 0.3) is 0 Å². The lowest BCUT2D eigenvalue weighted by Crippen LogP contribution is -2.05. The number of hydrogen-bond acceptors (Lipinski definition) is 4. The second-order valence-electron chi connectivity index (χ2n) is 4.65. The minimum Gasteiger partial charge on any atom is -0.262 e. The van der Waals surface area contributed by atoms with Gasteiger partial charge < -0.3 is 0 Å². The predicted octanol–water partition coefficient (Wildman–Crippen LogP) is 2.14. The van der Waals surface area contributed by atoms with E-state index in [0.717, 1.165) is 10.0 Å². The molecule has 0 bridgehead atoms. The summed E-state index contributed by atoms with van der Waals surface area (Å²) in [6.07, 6.45) is 0.620. The second kappa shape index (κ2) is 4.72. The molecule has 0 spiro atoms. The van der Waals surface area contributed by atoms with Crippen molar-refractivity contribution in [1.82, 2.24) is 15.2 Å². The highest BCUT2D eigenvalue weighted by Crippen LogP contribution is 2.28. The van der Waals surface area contributed by atoms with E-state index in [2.05, 4.69) is 31.1 Å². The van der Waals surface area contributed by atoms with Gasteiger partial charge in [0, 0.05) is 16.0 Å². The number of sulfone groups is 1. The topological polar surface area (TPSA) is 75.7 Å². The van der Waals surface area contributed by atoms with Gasteiger partial charge >= 0.3 is 0 Å². The van der Waals surface area contributed by atoms with Crippen molar-refractivity contribution in [1.29, 1.82) is 0 Å². The highest BCUT2D eigenvalue weighted by molar-refractivity contribution is 9.10. The minimum absolute atomic E-state index is 0.0570. The summed E-state index contributed by atoms with van der Waals surface area (Å²) in [5, 5.41) is 7.03. The number of aromatic amines is 1. The summed E-state index contributed by atoms with van der Waals surface area (Å²) >= 11 is 3.40. The van der Waals surface area contributed by atoms with Crippen LogP contribution in [0.1, 0.15) is 18.2 Å². The Bertz CT molecular complexity index is 711. The molecule has 5 nitrogen and oxygen atoms in total. The molecule has 0 saturated carbocycles. The largest absolute Gasteiger partial charge is 0.262 e. The predicted molar refractivity (Wildman–Crippen MR) is 75.5 cm³/mol. The Hall–Kier alpha value is -1.21. The summed E-state index contributed by atoms with van der Waals surface area (Å²) in [6.45, 7) is 0. The summed E-state index contributed by atoms with van der Waals surface area (Å²) in [5.74, 6) is 1.61. The van der Waals surface area contributed by atoms with Gasteiger partial charge in [0.15, 0.2) is 15.7 Å². The normalized spacial score (nSPS) is 21.6. The number of rotatable bonds is 2. The molecule has 7 heteroatoms. The molecule has 1 aromatic heterocycles. The average Bonchev–Trinajstić information content (AvgIpc) is 2.95. The average molecular weight is 342 g/mol. The molecular formula is C12H12BrN3O2S. The van der Waals surface area contributed by atoms with Crippen molar-refractivity contribution < 1.29 is 8.42 Å². The van der Waals surface area contributed by atoms with Crippen LogP contribution in [0.15, 0.2) is 28.7 Å². The Morgan fingerprint density at radius 2 is 2.21 bits per heavy atom. The lowest BCUT2D eigenvalue weighted by molar-refractivity contribution is 0.601. The van der Waals surface area contributed by atoms with Crippen molar-refractivity contribution in [3.8, 4) is 11.4 Å². The molecule has 1 aromatic carbocycles. The first kappa shape index (κ1) is 12.8. The van der Waals surface area contributed by atoms with E-state index < -0.39 is 9.84 Å². The molecular weight excluding hydrogens is 330 g/mol. The van der Waals surface area contributed by atoms with E-state index >= 15 is 0 Å². The number of hydrogen-bond donors (Lipinski definition) is 1. The number of H-pyrrole nitrogens is 1. The summed E-state index contributed by atoms with van der Waals surface area (Å²) in [4.78, 5) is 4.42. The fourth-order valence-corrected chi connectivity index (χ4v) is 4.37. The van der Waals surface area contributed by atoms with Crippen molar-refractivity contribution in [2.45, 2.75) is 12.3 Å². The molecule has 0 aliphatic carbocycles. The van der Waals surface area contributed by atoms with Gasteiger partial charge in [-0.3, -0.25) is 5.10 Å². The molecule has 1 unspecified atom stereocenters. The smallest absolute Gasteiger partial charge is 0.181 e. The Morgan fingerprint density at radius 1 is 1.37 bits per heavy atom. The molecule has 1 fully saturated rings. The zero-order valence-corrected chi connectivity index (χ0v) is 12.4. The standard InChI is InChI=1S/C12H12BrN3O2S/c13-10-3-1-2-8(6-10)11-14-12(16-15-11)9-4-5-19(17,18)7-9/h1-3,6,9H,4-5,7H2,(H,14,15,16). The monoisotopic (exact) mass is 341 g/mol. The van der Waals surface area contributed by atoms with Crippen molar-refractivity contribution in [2.24, 2.45) is 0 Å². The first-order chi connectivity index (χ1) is 9.03. The fourth-order valence-electron chi connectivity index (χ4n) is 2.22. The van der Waals surface area contributed by atoms with Gasteiger partial charge in [-0.05, 0) is 18.6 Å². The van der Waals surface area contributed by atoms with Gasteiger partial charge in [0.05, 0.1) is 11.5 Å². The summed E-state index contributed by atoms with van der Waals surface area (Å²) in [6, 6.07) is 7.69. The Balaban J connectivity index is 1.88. The van der Waals surface area contributed by atoms with Crippen LogP contribution in [0.25, 0.3) is 11.4 Å². The molecule has 3 rings (SSSR count). The van der Waals surface area contributed by atoms with Gasteiger partial charge in [0.1, 0.15) is 5.82 Å². The molecule has 1 aliphatic rings. The molecule has 0 amide bonds. The van der Waals surface area contributed by atoms with Crippen molar-refractivity contribution >= 4 is 25.8 Å². The number of nitrogens with zero attached hydrogens (tertiary/aromatic N) is 2. The molecule has 1 saturated heterocycles. The molecule has 0 radical (unpaired) electrons. The summed E-state index contributed by atoms with van der Waals surface area (Å²) in [7, 11) is -2.90. The van der Waals surface area contributed by atoms with E-state index in [-0.39, 0.29) is 17.4 Å². The van der Waals surface area contributed by atoms with Crippen LogP contribution in [0.2, 0.25) is 0 Å². The summed E-state index contributed by atoms with van der Waals surface area (Å²) < 4.78 is 23.9. The van der Waals surface area contributed by atoms with Crippen LogP contribution >= 0.6 is 15.9 Å². The second-order valence-corrected chi connectivity index (χ2v) is 7.80. The molecule has 2 heterocycles. The first-order valence-electron chi connectivity index (χ1n) is 5.92. The minimum atomic E-state index is -2.90. The van der Waals surface area contributed by atoms with E-state index in [0.29, 0.717) is 18.1 Å². The van der Waals surface area contributed by atoms with E-state index in [1.54, 1.807) is 0 Å². The van der Waals surface area contributed by atoms with Crippen LogP contribution < -0.4 is 0 Å². The van der Waals surface area contributed by atoms with E-state index in [1.807, 2.05) is 24.3 Å². The van der Waals surface area contributed by atoms with Crippen molar-refractivity contribution in [3.63, 3.8) is 0 Å². The number of aromatic nitrogens is 3. The van der Waals surface area contributed by atoms with Crippen LogP contribution in [-0.4, -0.2) is 35.1 Å². The maximum atomic E-state index is 11.5. The van der Waals surface area contributed by atoms with Gasteiger partial charge in [-0.1, -0.05) is 28.1 Å². The summed E-state index contributed by atoms with van der Waals surface area (Å²) in [5.41, 5.74) is 0.901. The Labute approximate surface area is 119 Å². The van der Waals surface area contributed by atoms with Gasteiger partial charge in [0.2, 0.25) is 0 Å². The van der Waals surface area contributed by atoms with Gasteiger partial charge in [-0.2, -0.15) is 5.10 Å². The number of benzene rings is 1. The number of halogens is 1. The quantitative estimate of drug-likeness (QED) is 0.907. The maximum Gasteiger partial charge on any atom is 0.181 e. The van der Waals surface area contributed by atoms with Gasteiger partial charge in [-0.25, -0.2) is 13.4 Å². The molecule has 100 valence electrons. The van der Waals surface area contributed by atoms with Crippen LogP contribution in [0.3, 0.4) is 0 Å². The maximum absolute atomic E-state index is 11.5. The first-order valence-corrected chi connectivity index (χ1v) is 8.53. The third kappa shape index (κ3) is 2.71. The van der Waals surface area contributed by atoms with Crippen LogP contribution in [0, 0.1) is 0 Å². The van der Waals surface area contributed by atoms with Crippen LogP contribution in [0.4, 0.5) is 0 Å². The van der Waals surface area contributed by atoms with Crippen molar-refractivity contribution in [3.05, 3.63) is 34.6 Å². The lowest BCUT2D eigenvalue weighted by atomic mass is 10.1. The fraction of sp³-hybridized carbons (Fsp3) is 0.333. The van der Waals surface area contributed by atoms with E-state index in [4.69, 9.17) is 0 Å². The number of nitrogens with one attached hydrogen (secondary N) is 1. The zero-order chi connectivity index (χ0) is 13.5. The highest BCUT2D eigenvalue weighted by Gasteiger charge is 2.31. The third-order valence-electron chi connectivity index (χ3n) is 3.20. The lowest BCUT2D eigenvalue weighted by Gasteiger charge is -2.00. The Morgan fingerprint density at radius 3 is 2.89 bits per heavy atom. The SMILES string of the molecule is O=S1(=O)CCC(c2nc(-c3cccc(Br)c3)n[nH]2)C1. The van der Waals surface area contributed by atoms with Crippen molar-refractivity contribution in [2.75, 3.05) is 11.5 Å². The molecule has 2 aromatic rings. The van der Waals surface area contributed by atoms with Crippen LogP contribution in [-0.2, 0) is 9.84 Å². The van der Waals surface area contributed by atoms with Crippen LogP contribution in [0.5, 0.6) is 0 Å². The molecule has 1 aliphatic heterocycles. The zero-order valence-electron chi connectivity index (χ0n) is 10.0. The molecule has 19 heavy (non-hydrogen) atoms. The van der Waals surface area contributed by atoms with E-state index in [1.165, 1.54) is 0 Å². The Kier molecular flexibility index (Phi) is 3.18. The highest BCUT2D eigenvalue weighted by atomic mass is 79.9. The molecule has 1 N–H and O–H groups in total. The van der Waals surface area contributed by atoms with Gasteiger partial charge in [-0.15, -0.1) is 0 Å². The van der Waals surface area contributed by atoms with E-state index in [9.17, 15) is 8.42 Å². The third-order valence-corrected chi connectivity index (χ3v) is 5.47.